The zero-order valence-corrected chi connectivity index (χ0v) is 13.4. The lowest BCUT2D eigenvalue weighted by Gasteiger charge is -2.11. The number of benzene rings is 2. The Morgan fingerprint density at radius 1 is 1.00 bits per heavy atom. The molecular weight excluding hydrogens is 256 g/mol. The van der Waals surface area contributed by atoms with Crippen molar-refractivity contribution in [3.63, 3.8) is 0 Å². The molecule has 0 spiro atoms. The van der Waals surface area contributed by atoms with Crippen molar-refractivity contribution in [1.82, 2.24) is 0 Å². The molecule has 2 rings (SSSR count). The Morgan fingerprint density at radius 2 is 1.61 bits per heavy atom. The van der Waals surface area contributed by atoms with Gasteiger partial charge in [-0.25, -0.2) is 0 Å². The topological polar surface area (TPSA) is 0 Å². The highest BCUT2D eigenvalue weighted by Crippen LogP contribution is 2.16. The lowest BCUT2D eigenvalue weighted by molar-refractivity contribution is 1.10. The molecule has 0 heterocycles. The van der Waals surface area contributed by atoms with Gasteiger partial charge in [-0.05, 0) is 26.3 Å². The number of halogens is 1. The predicted octanol–water partition coefficient (Wildman–Crippen LogP) is 2.72. The van der Waals surface area contributed by atoms with Gasteiger partial charge in [-0.3, -0.25) is 0 Å². The summed E-state index contributed by atoms with van der Waals surface area (Å²) in [6.07, 6.45) is 0. The molecule has 0 bridgehead atoms. The highest BCUT2D eigenvalue weighted by Gasteiger charge is 2.08. The summed E-state index contributed by atoms with van der Waals surface area (Å²) in [6.45, 7) is 6.39. The first-order chi connectivity index (χ1) is 8.56. The molecule has 1 unspecified atom stereocenters. The third-order valence-corrected chi connectivity index (χ3v) is 5.24. The monoisotopic (exact) mass is 274 g/mol. The van der Waals surface area contributed by atoms with Crippen LogP contribution in [0.4, 0.5) is 0 Å². The van der Waals surface area contributed by atoms with Gasteiger partial charge in [-0.2, -0.15) is 0 Å². The Labute approximate surface area is 117 Å². The van der Waals surface area contributed by atoms with Crippen LogP contribution in [-0.4, -0.2) is 9.52 Å². The Balaban J connectivity index is 2.34. The van der Waals surface area contributed by atoms with E-state index >= 15 is 0 Å². The smallest absolute Gasteiger partial charge is 0.0879 e. The minimum Gasteiger partial charge on any atom is -0.118 e. The van der Waals surface area contributed by atoms with Gasteiger partial charge in [-0.15, -0.1) is 11.6 Å². The molecule has 0 nitrogen and oxygen atoms in total. The molecule has 0 aliphatic carbocycles. The molecule has 0 saturated heterocycles. The second-order valence-electron chi connectivity index (χ2n) is 4.99. The fraction of sp³-hybridized carbons (Fsp3) is 0.250. The normalized spacial score (nSPS) is 13.1. The fourth-order valence-corrected chi connectivity index (χ4v) is 4.99. The zero-order valence-electron chi connectivity index (χ0n) is 11.2. The van der Waals surface area contributed by atoms with Gasteiger partial charge in [0.25, 0.3) is 0 Å². The summed E-state index contributed by atoms with van der Waals surface area (Å²) in [6, 6.07) is 15.4. The maximum atomic E-state index is 6.26. The van der Waals surface area contributed by atoms with Crippen LogP contribution in [0.1, 0.15) is 29.0 Å². The molecule has 2 aromatic rings. The Hall–Kier alpha value is -1.05. The van der Waals surface area contributed by atoms with E-state index in [1.807, 2.05) is 0 Å². The minimum absolute atomic E-state index is 0.0969. The van der Waals surface area contributed by atoms with E-state index in [0.717, 1.165) is 0 Å². The molecule has 2 heteroatoms. The lowest BCUT2D eigenvalue weighted by Crippen LogP contribution is -2.30. The van der Waals surface area contributed by atoms with Gasteiger partial charge in [0, 0.05) is 0 Å². The minimum atomic E-state index is -0.433. The predicted molar refractivity (Wildman–Crippen MR) is 84.4 cm³/mol. The number of hydrogen-bond donors (Lipinski definition) is 0. The maximum Gasteiger partial charge on any atom is 0.0879 e. The standard InChI is InChI=1S/C16H19ClSi/c1-11-8-12(2)10-14(9-11)18-16-7-5-4-6-15(16)13(3)17/h4-10,13H,18H2,1-3H3. The zero-order chi connectivity index (χ0) is 13.1. The van der Waals surface area contributed by atoms with Gasteiger partial charge >= 0.3 is 0 Å². The molecule has 0 fully saturated rings. The van der Waals surface area contributed by atoms with Gasteiger partial charge in [0.1, 0.15) is 0 Å². The Bertz CT molecular complexity index is 526. The first-order valence-electron chi connectivity index (χ1n) is 6.35. The molecule has 0 aromatic heterocycles. The van der Waals surface area contributed by atoms with Crippen LogP contribution in [0.3, 0.4) is 0 Å². The SMILES string of the molecule is Cc1cc(C)cc([SiH2]c2ccccc2C(C)Cl)c1. The summed E-state index contributed by atoms with van der Waals surface area (Å²) >= 11 is 6.26. The summed E-state index contributed by atoms with van der Waals surface area (Å²) in [5, 5.41) is 3.06. The Morgan fingerprint density at radius 3 is 2.22 bits per heavy atom. The van der Waals surface area contributed by atoms with Crippen molar-refractivity contribution in [2.75, 3.05) is 0 Å². The van der Waals surface area contributed by atoms with E-state index in [4.69, 9.17) is 11.6 Å². The van der Waals surface area contributed by atoms with Crippen molar-refractivity contribution >= 4 is 31.5 Å². The molecule has 0 radical (unpaired) electrons. The molecule has 2 aromatic carbocycles. The molecule has 0 saturated carbocycles. The maximum absolute atomic E-state index is 6.26. The van der Waals surface area contributed by atoms with Gasteiger partial charge in [-0.1, -0.05) is 64.0 Å². The molecular formula is C16H19ClSi. The van der Waals surface area contributed by atoms with E-state index < -0.39 is 9.52 Å². The van der Waals surface area contributed by atoms with Crippen LogP contribution in [0, 0.1) is 13.8 Å². The van der Waals surface area contributed by atoms with Crippen molar-refractivity contribution in [3.8, 4) is 0 Å². The van der Waals surface area contributed by atoms with Gasteiger partial charge in [0.05, 0.1) is 14.9 Å². The van der Waals surface area contributed by atoms with E-state index in [0.29, 0.717) is 0 Å². The molecule has 1 atom stereocenters. The second kappa shape index (κ2) is 5.72. The fourth-order valence-electron chi connectivity index (χ4n) is 2.47. The van der Waals surface area contributed by atoms with Crippen LogP contribution < -0.4 is 10.4 Å². The third kappa shape index (κ3) is 3.24. The van der Waals surface area contributed by atoms with Crippen LogP contribution in [0.25, 0.3) is 0 Å². The molecule has 0 aliphatic rings. The number of hydrogen-bond acceptors (Lipinski definition) is 0. The third-order valence-electron chi connectivity index (χ3n) is 3.16. The number of rotatable bonds is 3. The van der Waals surface area contributed by atoms with E-state index in [-0.39, 0.29) is 5.38 Å². The van der Waals surface area contributed by atoms with Crippen molar-refractivity contribution in [2.24, 2.45) is 0 Å². The van der Waals surface area contributed by atoms with Gasteiger partial charge < -0.3 is 0 Å². The highest BCUT2D eigenvalue weighted by atomic mass is 35.5. The average molecular weight is 275 g/mol. The number of alkyl halides is 1. The summed E-state index contributed by atoms with van der Waals surface area (Å²) in [7, 11) is -0.433. The van der Waals surface area contributed by atoms with Crippen LogP contribution >= 0.6 is 11.6 Å². The summed E-state index contributed by atoms with van der Waals surface area (Å²) < 4.78 is 0. The second-order valence-corrected chi connectivity index (χ2v) is 7.57. The summed E-state index contributed by atoms with van der Waals surface area (Å²) in [4.78, 5) is 0. The van der Waals surface area contributed by atoms with Gasteiger partial charge in [0.15, 0.2) is 0 Å². The van der Waals surface area contributed by atoms with Crippen LogP contribution in [0.15, 0.2) is 42.5 Å². The van der Waals surface area contributed by atoms with Crippen molar-refractivity contribution in [3.05, 3.63) is 59.2 Å². The highest BCUT2D eigenvalue weighted by molar-refractivity contribution is 6.68. The van der Waals surface area contributed by atoms with E-state index in [1.54, 1.807) is 0 Å². The van der Waals surface area contributed by atoms with Crippen molar-refractivity contribution in [1.29, 1.82) is 0 Å². The quantitative estimate of drug-likeness (QED) is 0.596. The largest absolute Gasteiger partial charge is 0.118 e. The molecule has 0 aliphatic heterocycles. The molecule has 18 heavy (non-hydrogen) atoms. The summed E-state index contributed by atoms with van der Waals surface area (Å²) in [5.74, 6) is 0. The van der Waals surface area contributed by atoms with E-state index in [9.17, 15) is 0 Å². The number of aryl methyl sites for hydroxylation is 2. The molecule has 94 valence electrons. The lowest BCUT2D eigenvalue weighted by atomic mass is 10.1. The van der Waals surface area contributed by atoms with Crippen LogP contribution in [0.2, 0.25) is 0 Å². The summed E-state index contributed by atoms with van der Waals surface area (Å²) in [5.41, 5.74) is 4.01. The van der Waals surface area contributed by atoms with Gasteiger partial charge in [0.2, 0.25) is 0 Å². The first kappa shape index (κ1) is 13.4. The Kier molecular flexibility index (Phi) is 4.26. The van der Waals surface area contributed by atoms with Crippen molar-refractivity contribution in [2.45, 2.75) is 26.1 Å². The van der Waals surface area contributed by atoms with E-state index in [2.05, 4.69) is 63.2 Å². The van der Waals surface area contributed by atoms with Crippen molar-refractivity contribution < 1.29 is 0 Å². The molecule has 0 N–H and O–H groups in total. The van der Waals surface area contributed by atoms with E-state index in [1.165, 1.54) is 27.1 Å². The average Bonchev–Trinajstić information content (AvgIpc) is 2.27. The van der Waals surface area contributed by atoms with Crippen LogP contribution in [0.5, 0.6) is 0 Å². The molecule has 0 amide bonds. The first-order valence-corrected chi connectivity index (χ1v) is 8.20. The van der Waals surface area contributed by atoms with Crippen LogP contribution in [-0.2, 0) is 0 Å².